The molecule has 174 valence electrons. The van der Waals surface area contributed by atoms with Crippen LogP contribution in [-0.4, -0.2) is 18.3 Å². The minimum atomic E-state index is -0.413. The van der Waals surface area contributed by atoms with E-state index in [1.807, 2.05) is 0 Å². The van der Waals surface area contributed by atoms with Crippen LogP contribution in [-0.2, 0) is 11.4 Å². The molecule has 1 aliphatic rings. The highest BCUT2D eigenvalue weighted by molar-refractivity contribution is 9.11. The molecule has 3 aromatic carbocycles. The third-order valence-corrected chi connectivity index (χ3v) is 7.46. The van der Waals surface area contributed by atoms with Crippen molar-refractivity contribution < 1.29 is 19.1 Å². The van der Waals surface area contributed by atoms with Gasteiger partial charge in [-0.1, -0.05) is 41.4 Å². The summed E-state index contributed by atoms with van der Waals surface area (Å²) >= 11 is 20.1. The van der Waals surface area contributed by atoms with Crippen LogP contribution < -0.4 is 14.4 Å². The average Bonchev–Trinajstić information content (AvgIpc) is 3.06. The van der Waals surface area contributed by atoms with Crippen molar-refractivity contribution in [3.8, 4) is 11.5 Å². The van der Waals surface area contributed by atoms with E-state index < -0.39 is 11.1 Å². The number of carbonyl (C=O) groups is 2. The van der Waals surface area contributed by atoms with Gasteiger partial charge >= 0.3 is 0 Å². The lowest BCUT2D eigenvalue weighted by molar-refractivity contribution is -0.113. The maximum atomic E-state index is 13.0. The van der Waals surface area contributed by atoms with E-state index in [-0.39, 0.29) is 6.61 Å². The Balaban J connectivity index is 1.56. The molecule has 34 heavy (non-hydrogen) atoms. The Hall–Kier alpha value is -1.97. The first-order valence-electron chi connectivity index (χ1n) is 9.75. The zero-order chi connectivity index (χ0) is 24.4. The van der Waals surface area contributed by atoms with Crippen molar-refractivity contribution in [1.82, 2.24) is 0 Å². The fourth-order valence-electron chi connectivity index (χ4n) is 3.23. The summed E-state index contributed by atoms with van der Waals surface area (Å²) in [6.45, 7) is 0.240. The number of methoxy groups -OCH3 is 1. The first-order chi connectivity index (χ1) is 16.3. The van der Waals surface area contributed by atoms with Crippen molar-refractivity contribution in [2.75, 3.05) is 12.0 Å². The van der Waals surface area contributed by atoms with E-state index in [4.69, 9.17) is 32.7 Å². The monoisotopic (exact) mass is 641 g/mol. The topological polar surface area (TPSA) is 55.8 Å². The van der Waals surface area contributed by atoms with Gasteiger partial charge < -0.3 is 9.47 Å². The highest BCUT2D eigenvalue weighted by Crippen LogP contribution is 2.41. The third kappa shape index (κ3) is 5.31. The number of thioether (sulfide) groups is 1. The standard InChI is InChI=1S/C24H15Br2Cl2NO4S/c1-32-20-5-3-2-4-19(20)29-23(30)21(34-24(29)31)10-13-8-16(25)22(17(26)9-13)33-12-14-6-7-15(27)11-18(14)28/h2-11H,12H2,1H3/b21-10-. The molecule has 0 N–H and O–H groups in total. The van der Waals surface area contributed by atoms with Gasteiger partial charge in [-0.05, 0) is 91.7 Å². The van der Waals surface area contributed by atoms with Crippen LogP contribution in [0, 0.1) is 0 Å². The number of hydrogen-bond donors (Lipinski definition) is 0. The Kier molecular flexibility index (Phi) is 7.94. The van der Waals surface area contributed by atoms with Crippen molar-refractivity contribution in [2.24, 2.45) is 0 Å². The van der Waals surface area contributed by atoms with E-state index >= 15 is 0 Å². The first-order valence-corrected chi connectivity index (χ1v) is 12.9. The first kappa shape index (κ1) is 25.1. The second-order valence-electron chi connectivity index (χ2n) is 7.03. The van der Waals surface area contributed by atoms with Gasteiger partial charge in [-0.25, -0.2) is 4.90 Å². The van der Waals surface area contributed by atoms with Gasteiger partial charge in [0.2, 0.25) is 0 Å². The summed E-state index contributed by atoms with van der Waals surface area (Å²) in [6.07, 6.45) is 1.66. The number of nitrogens with zero attached hydrogens (tertiary/aromatic N) is 1. The van der Waals surface area contributed by atoms with E-state index in [0.717, 1.165) is 22.2 Å². The summed E-state index contributed by atoms with van der Waals surface area (Å²) in [5.74, 6) is 0.605. The molecule has 1 saturated heterocycles. The zero-order valence-electron chi connectivity index (χ0n) is 17.5. The highest BCUT2D eigenvalue weighted by atomic mass is 79.9. The van der Waals surface area contributed by atoms with Crippen LogP contribution in [0.4, 0.5) is 10.5 Å². The number of carbonyl (C=O) groups excluding carboxylic acids is 2. The largest absolute Gasteiger partial charge is 0.495 e. The number of rotatable bonds is 6. The summed E-state index contributed by atoms with van der Waals surface area (Å²) in [6, 6.07) is 15.7. The lowest BCUT2D eigenvalue weighted by Crippen LogP contribution is -2.28. The predicted octanol–water partition coefficient (Wildman–Crippen LogP) is 8.35. The molecule has 3 aromatic rings. The molecule has 0 aromatic heterocycles. The van der Waals surface area contributed by atoms with E-state index in [0.29, 0.717) is 46.6 Å². The second kappa shape index (κ2) is 10.7. The van der Waals surface area contributed by atoms with Crippen LogP contribution in [0.3, 0.4) is 0 Å². The molecule has 2 amide bonds. The number of amides is 2. The van der Waals surface area contributed by atoms with E-state index in [9.17, 15) is 9.59 Å². The zero-order valence-corrected chi connectivity index (χ0v) is 23.0. The molecule has 0 saturated carbocycles. The lowest BCUT2D eigenvalue weighted by Gasteiger charge is -2.15. The molecular weight excluding hydrogens is 629 g/mol. The smallest absolute Gasteiger partial charge is 0.298 e. The normalized spacial score (nSPS) is 14.7. The second-order valence-corrected chi connectivity index (χ2v) is 10.6. The molecule has 0 atom stereocenters. The van der Waals surface area contributed by atoms with E-state index in [1.165, 1.54) is 7.11 Å². The van der Waals surface area contributed by atoms with E-state index in [1.54, 1.807) is 60.7 Å². The quantitative estimate of drug-likeness (QED) is 0.253. The average molecular weight is 644 g/mol. The maximum absolute atomic E-state index is 13.0. The van der Waals surface area contributed by atoms with Gasteiger partial charge in [-0.3, -0.25) is 9.59 Å². The molecule has 1 heterocycles. The molecule has 1 aliphatic heterocycles. The van der Waals surface area contributed by atoms with Crippen LogP contribution in [0.25, 0.3) is 6.08 Å². The van der Waals surface area contributed by atoms with Gasteiger partial charge in [-0.15, -0.1) is 0 Å². The number of benzene rings is 3. The Morgan fingerprint density at radius 3 is 2.41 bits per heavy atom. The summed E-state index contributed by atoms with van der Waals surface area (Å²) in [7, 11) is 1.49. The molecule has 5 nitrogen and oxygen atoms in total. The van der Waals surface area contributed by atoms with Crippen LogP contribution in [0.1, 0.15) is 11.1 Å². The van der Waals surface area contributed by atoms with Crippen molar-refractivity contribution >= 4 is 89.7 Å². The van der Waals surface area contributed by atoms with Crippen LogP contribution in [0.15, 0.2) is 68.4 Å². The minimum absolute atomic E-state index is 0.240. The predicted molar refractivity (Wildman–Crippen MR) is 144 cm³/mol. The number of halogens is 4. The Bertz CT molecular complexity index is 1310. The van der Waals surface area contributed by atoms with Crippen molar-refractivity contribution in [3.63, 3.8) is 0 Å². The van der Waals surface area contributed by atoms with Gasteiger partial charge in [0.05, 0.1) is 26.6 Å². The number of ether oxygens (including phenoxy) is 2. The summed E-state index contributed by atoms with van der Waals surface area (Å²) in [5, 5.41) is 0.677. The highest BCUT2D eigenvalue weighted by Gasteiger charge is 2.37. The molecule has 1 fully saturated rings. The molecule has 10 heteroatoms. The van der Waals surface area contributed by atoms with Crippen LogP contribution in [0.5, 0.6) is 11.5 Å². The van der Waals surface area contributed by atoms with Gasteiger partial charge in [-0.2, -0.15) is 0 Å². The number of imide groups is 1. The molecule has 0 unspecified atom stereocenters. The summed E-state index contributed by atoms with van der Waals surface area (Å²) in [5.41, 5.74) is 1.91. The van der Waals surface area contributed by atoms with Crippen molar-refractivity contribution in [1.29, 1.82) is 0 Å². The Morgan fingerprint density at radius 1 is 1.03 bits per heavy atom. The lowest BCUT2D eigenvalue weighted by atomic mass is 10.2. The molecule has 4 rings (SSSR count). The van der Waals surface area contributed by atoms with Gasteiger partial charge in [0.1, 0.15) is 18.1 Å². The molecule has 0 spiro atoms. The van der Waals surface area contributed by atoms with Crippen molar-refractivity contribution in [2.45, 2.75) is 6.61 Å². The van der Waals surface area contributed by atoms with Gasteiger partial charge in [0.25, 0.3) is 11.1 Å². The Morgan fingerprint density at radius 2 is 1.74 bits per heavy atom. The summed E-state index contributed by atoms with van der Waals surface area (Å²) in [4.78, 5) is 27.1. The summed E-state index contributed by atoms with van der Waals surface area (Å²) < 4.78 is 12.6. The molecular formula is C24H15Br2Cl2NO4S. The fraction of sp³-hybridized carbons (Fsp3) is 0.0833. The number of anilines is 1. The van der Waals surface area contributed by atoms with Gasteiger partial charge in [0, 0.05) is 15.6 Å². The molecule has 0 bridgehead atoms. The molecule has 0 aliphatic carbocycles. The van der Waals surface area contributed by atoms with Crippen LogP contribution in [0.2, 0.25) is 10.0 Å². The SMILES string of the molecule is COc1ccccc1N1C(=O)S/C(=C\c2cc(Br)c(OCc3ccc(Cl)cc3Cl)c(Br)c2)C1=O. The van der Waals surface area contributed by atoms with Crippen molar-refractivity contribution in [3.05, 3.63) is 89.6 Å². The third-order valence-electron chi connectivity index (χ3n) is 4.83. The Labute approximate surface area is 227 Å². The minimum Gasteiger partial charge on any atom is -0.495 e. The maximum Gasteiger partial charge on any atom is 0.298 e. The fourth-order valence-corrected chi connectivity index (χ4v) is 5.98. The number of para-hydroxylation sites is 2. The van der Waals surface area contributed by atoms with Crippen LogP contribution >= 0.6 is 66.8 Å². The number of hydrogen-bond acceptors (Lipinski definition) is 5. The van der Waals surface area contributed by atoms with E-state index in [2.05, 4.69) is 31.9 Å². The molecule has 0 radical (unpaired) electrons. The van der Waals surface area contributed by atoms with Gasteiger partial charge in [0.15, 0.2) is 0 Å².